The lowest BCUT2D eigenvalue weighted by Gasteiger charge is -2.18. The predicted molar refractivity (Wildman–Crippen MR) is 64.5 cm³/mol. The van der Waals surface area contributed by atoms with Crippen LogP contribution in [0.15, 0.2) is 18.2 Å². The highest BCUT2D eigenvalue weighted by atomic mass is 19.1. The Hall–Kier alpha value is -1.42. The van der Waals surface area contributed by atoms with Gasteiger partial charge in [0.2, 0.25) is 0 Å². The predicted octanol–water partition coefficient (Wildman–Crippen LogP) is 2.66. The first-order valence-electron chi connectivity index (χ1n) is 5.52. The van der Waals surface area contributed by atoms with Crippen molar-refractivity contribution in [3.8, 4) is 0 Å². The first-order valence-corrected chi connectivity index (χ1v) is 5.52. The van der Waals surface area contributed by atoms with E-state index in [0.29, 0.717) is 6.54 Å². The Morgan fingerprint density at radius 2 is 2.06 bits per heavy atom. The zero-order chi connectivity index (χ0) is 13.1. The van der Waals surface area contributed by atoms with Crippen LogP contribution in [0.4, 0.5) is 4.39 Å². The van der Waals surface area contributed by atoms with Crippen LogP contribution >= 0.6 is 0 Å². The molecule has 94 valence electrons. The number of hydrogen-bond acceptors (Lipinski definition) is 2. The average molecular weight is 239 g/mol. The van der Waals surface area contributed by atoms with Gasteiger partial charge in [-0.3, -0.25) is 0 Å². The summed E-state index contributed by atoms with van der Waals surface area (Å²) in [6.45, 7) is 7.67. The summed E-state index contributed by atoms with van der Waals surface area (Å²) in [7, 11) is 0. The molecule has 0 atom stereocenters. The third kappa shape index (κ3) is 4.53. The fourth-order valence-corrected chi connectivity index (χ4v) is 1.42. The smallest absolute Gasteiger partial charge is 0.338 e. The second-order valence-corrected chi connectivity index (χ2v) is 5.28. The summed E-state index contributed by atoms with van der Waals surface area (Å²) in [5.41, 5.74) is 0.626. The number of hydrogen-bond donors (Lipinski definition) is 2. The van der Waals surface area contributed by atoms with E-state index in [4.69, 9.17) is 5.11 Å². The molecule has 1 aromatic carbocycles. The summed E-state index contributed by atoms with van der Waals surface area (Å²) in [4.78, 5) is 10.6. The molecule has 0 saturated carbocycles. The molecule has 1 rings (SSSR count). The molecule has 0 amide bonds. The van der Waals surface area contributed by atoms with Gasteiger partial charge < -0.3 is 10.4 Å². The average Bonchev–Trinajstić information content (AvgIpc) is 2.15. The minimum Gasteiger partial charge on any atom is -0.478 e. The van der Waals surface area contributed by atoms with Gasteiger partial charge in [-0.25, -0.2) is 9.18 Å². The fraction of sp³-hybridized carbons (Fsp3) is 0.462. The Morgan fingerprint density at radius 1 is 1.41 bits per heavy atom. The summed E-state index contributed by atoms with van der Waals surface area (Å²) in [6, 6.07) is 4.19. The van der Waals surface area contributed by atoms with Gasteiger partial charge in [0.15, 0.2) is 0 Å². The molecule has 0 heterocycles. The normalized spacial score (nSPS) is 11.5. The SMILES string of the molecule is CC(C)(C)CNCc1ccc(C(=O)O)c(F)c1. The summed E-state index contributed by atoms with van der Waals surface area (Å²) in [5.74, 6) is -1.93. The topological polar surface area (TPSA) is 49.3 Å². The Balaban J connectivity index is 2.62. The van der Waals surface area contributed by atoms with Crippen molar-refractivity contribution < 1.29 is 14.3 Å². The summed E-state index contributed by atoms with van der Waals surface area (Å²) >= 11 is 0. The van der Waals surface area contributed by atoms with Gasteiger partial charge in [-0.05, 0) is 23.1 Å². The maximum absolute atomic E-state index is 13.4. The van der Waals surface area contributed by atoms with Crippen molar-refractivity contribution in [2.24, 2.45) is 5.41 Å². The molecule has 4 heteroatoms. The molecule has 1 aromatic rings. The quantitative estimate of drug-likeness (QED) is 0.849. The molecule has 2 N–H and O–H groups in total. The molecule has 17 heavy (non-hydrogen) atoms. The number of carboxylic acid groups (broad SMARTS) is 1. The van der Waals surface area contributed by atoms with Gasteiger partial charge in [-0.15, -0.1) is 0 Å². The molecule has 0 unspecified atom stereocenters. The van der Waals surface area contributed by atoms with E-state index in [1.54, 1.807) is 6.07 Å². The minimum absolute atomic E-state index is 0.166. The lowest BCUT2D eigenvalue weighted by molar-refractivity contribution is 0.0692. The highest BCUT2D eigenvalue weighted by Crippen LogP contribution is 2.13. The van der Waals surface area contributed by atoms with Crippen molar-refractivity contribution in [1.82, 2.24) is 5.32 Å². The van der Waals surface area contributed by atoms with Crippen LogP contribution in [0, 0.1) is 11.2 Å². The molecule has 0 aromatic heterocycles. The molecule has 0 saturated heterocycles. The van der Waals surface area contributed by atoms with Crippen molar-refractivity contribution >= 4 is 5.97 Å². The van der Waals surface area contributed by atoms with E-state index in [2.05, 4.69) is 26.1 Å². The number of rotatable bonds is 4. The van der Waals surface area contributed by atoms with E-state index in [1.807, 2.05) is 0 Å². The molecular formula is C13H18FNO2. The Kier molecular flexibility index (Phi) is 4.23. The van der Waals surface area contributed by atoms with E-state index >= 15 is 0 Å². The van der Waals surface area contributed by atoms with Crippen LogP contribution in [0.25, 0.3) is 0 Å². The van der Waals surface area contributed by atoms with Gasteiger partial charge in [-0.1, -0.05) is 26.8 Å². The molecule has 0 aliphatic rings. The molecule has 0 aliphatic carbocycles. The van der Waals surface area contributed by atoms with E-state index in [-0.39, 0.29) is 11.0 Å². The maximum atomic E-state index is 13.4. The molecule has 0 spiro atoms. The third-order valence-corrected chi connectivity index (χ3v) is 2.25. The van der Waals surface area contributed by atoms with Crippen LogP contribution in [0.1, 0.15) is 36.7 Å². The second kappa shape index (κ2) is 5.27. The zero-order valence-electron chi connectivity index (χ0n) is 10.4. The number of nitrogens with one attached hydrogen (secondary N) is 1. The van der Waals surface area contributed by atoms with Crippen molar-refractivity contribution in [3.63, 3.8) is 0 Å². The third-order valence-electron chi connectivity index (χ3n) is 2.25. The minimum atomic E-state index is -1.24. The molecule has 0 bridgehead atoms. The molecular weight excluding hydrogens is 221 g/mol. The van der Waals surface area contributed by atoms with Crippen LogP contribution in [0.3, 0.4) is 0 Å². The van der Waals surface area contributed by atoms with E-state index in [0.717, 1.165) is 12.1 Å². The van der Waals surface area contributed by atoms with E-state index in [1.165, 1.54) is 12.1 Å². The lowest BCUT2D eigenvalue weighted by atomic mass is 9.97. The van der Waals surface area contributed by atoms with Crippen molar-refractivity contribution in [3.05, 3.63) is 35.1 Å². The van der Waals surface area contributed by atoms with Gasteiger partial charge in [0.1, 0.15) is 5.82 Å². The van der Waals surface area contributed by atoms with Crippen molar-refractivity contribution in [2.75, 3.05) is 6.54 Å². The highest BCUT2D eigenvalue weighted by Gasteiger charge is 2.11. The van der Waals surface area contributed by atoms with Gasteiger partial charge >= 0.3 is 5.97 Å². The van der Waals surface area contributed by atoms with Crippen molar-refractivity contribution in [2.45, 2.75) is 27.3 Å². The molecule has 3 nitrogen and oxygen atoms in total. The second-order valence-electron chi connectivity index (χ2n) is 5.28. The monoisotopic (exact) mass is 239 g/mol. The first kappa shape index (κ1) is 13.6. The summed E-state index contributed by atoms with van der Waals surface area (Å²) in [6.07, 6.45) is 0. The first-order chi connectivity index (χ1) is 7.79. The Bertz CT molecular complexity index is 410. The van der Waals surface area contributed by atoms with Crippen molar-refractivity contribution in [1.29, 1.82) is 0 Å². The fourth-order valence-electron chi connectivity index (χ4n) is 1.42. The van der Waals surface area contributed by atoms with Gasteiger partial charge in [-0.2, -0.15) is 0 Å². The number of aromatic carboxylic acids is 1. The van der Waals surface area contributed by atoms with Gasteiger partial charge in [0.05, 0.1) is 5.56 Å². The zero-order valence-corrected chi connectivity index (χ0v) is 10.4. The van der Waals surface area contributed by atoms with Crippen LogP contribution in [0.2, 0.25) is 0 Å². The summed E-state index contributed by atoms with van der Waals surface area (Å²) in [5, 5.41) is 11.9. The van der Waals surface area contributed by atoms with E-state index < -0.39 is 11.8 Å². The van der Waals surface area contributed by atoms with E-state index in [9.17, 15) is 9.18 Å². The number of carbonyl (C=O) groups is 1. The highest BCUT2D eigenvalue weighted by molar-refractivity contribution is 5.87. The van der Waals surface area contributed by atoms with Gasteiger partial charge in [0, 0.05) is 13.1 Å². The molecule has 0 radical (unpaired) electrons. The van der Waals surface area contributed by atoms with Gasteiger partial charge in [0.25, 0.3) is 0 Å². The van der Waals surface area contributed by atoms with Crippen LogP contribution in [-0.2, 0) is 6.54 Å². The Morgan fingerprint density at radius 3 is 2.53 bits per heavy atom. The molecule has 0 fully saturated rings. The number of benzene rings is 1. The summed E-state index contributed by atoms with van der Waals surface area (Å²) < 4.78 is 13.4. The largest absolute Gasteiger partial charge is 0.478 e. The Labute approximate surface area is 101 Å². The van der Waals surface area contributed by atoms with Crippen LogP contribution in [-0.4, -0.2) is 17.6 Å². The number of carboxylic acids is 1. The van der Waals surface area contributed by atoms with Crippen LogP contribution < -0.4 is 5.32 Å². The van der Waals surface area contributed by atoms with Crippen LogP contribution in [0.5, 0.6) is 0 Å². The lowest BCUT2D eigenvalue weighted by Crippen LogP contribution is -2.26. The molecule has 0 aliphatic heterocycles. The number of halogens is 1. The maximum Gasteiger partial charge on any atom is 0.338 e. The standard InChI is InChI=1S/C13H18FNO2/c1-13(2,3)8-15-7-9-4-5-10(12(16)17)11(14)6-9/h4-6,15H,7-8H2,1-3H3,(H,16,17).